The highest BCUT2D eigenvalue weighted by Gasteiger charge is 2.22. The summed E-state index contributed by atoms with van der Waals surface area (Å²) >= 11 is 12.7. The molecule has 3 nitrogen and oxygen atoms in total. The number of phenols is 1. The van der Waals surface area contributed by atoms with Crippen LogP contribution in [0.1, 0.15) is 56.2 Å². The van der Waals surface area contributed by atoms with Crippen molar-refractivity contribution in [2.45, 2.75) is 51.9 Å². The molecule has 7 heteroatoms. The molecule has 0 bridgehead atoms. The van der Waals surface area contributed by atoms with Crippen molar-refractivity contribution in [3.63, 3.8) is 0 Å². The minimum absolute atomic E-state index is 0.168. The summed E-state index contributed by atoms with van der Waals surface area (Å²) in [5.74, 6) is -2.59. The second kappa shape index (κ2) is 9.77. The van der Waals surface area contributed by atoms with E-state index < -0.39 is 18.1 Å². The van der Waals surface area contributed by atoms with Crippen LogP contribution in [0.5, 0.6) is 11.5 Å². The summed E-state index contributed by atoms with van der Waals surface area (Å²) < 4.78 is 31.0. The Labute approximate surface area is 179 Å². The summed E-state index contributed by atoms with van der Waals surface area (Å²) in [6.07, 6.45) is -0.314. The highest BCUT2D eigenvalue weighted by Crippen LogP contribution is 2.34. The summed E-state index contributed by atoms with van der Waals surface area (Å²) in [6, 6.07) is 8.47. The van der Waals surface area contributed by atoms with Crippen molar-refractivity contribution in [2.24, 2.45) is 0 Å². The number of aromatic hydroxyl groups is 1. The van der Waals surface area contributed by atoms with Crippen LogP contribution in [0.15, 0.2) is 30.3 Å². The molecule has 29 heavy (non-hydrogen) atoms. The van der Waals surface area contributed by atoms with Gasteiger partial charge in [-0.3, -0.25) is 4.79 Å². The first-order valence-electron chi connectivity index (χ1n) is 9.28. The minimum atomic E-state index is -2.88. The third-order valence-corrected chi connectivity index (χ3v) is 5.13. The van der Waals surface area contributed by atoms with E-state index in [2.05, 4.69) is 0 Å². The van der Waals surface area contributed by atoms with E-state index in [-0.39, 0.29) is 24.7 Å². The lowest BCUT2D eigenvalue weighted by atomic mass is 9.96. The van der Waals surface area contributed by atoms with Crippen molar-refractivity contribution in [3.05, 3.63) is 57.1 Å². The average Bonchev–Trinajstić information content (AvgIpc) is 2.61. The average molecular weight is 445 g/mol. The normalized spacial score (nSPS) is 11.7. The molecule has 0 saturated carbocycles. The molecule has 2 aromatic rings. The van der Waals surface area contributed by atoms with E-state index in [1.807, 2.05) is 19.9 Å². The Balaban J connectivity index is 2.08. The Morgan fingerprint density at radius 3 is 2.34 bits per heavy atom. The molecule has 0 amide bonds. The molecule has 0 aliphatic carbocycles. The van der Waals surface area contributed by atoms with Crippen LogP contribution in [-0.4, -0.2) is 23.4 Å². The Morgan fingerprint density at radius 1 is 1.17 bits per heavy atom. The zero-order chi connectivity index (χ0) is 21.8. The van der Waals surface area contributed by atoms with E-state index >= 15 is 0 Å². The smallest absolute Gasteiger partial charge is 0.245 e. The number of benzene rings is 2. The number of carbonyl (C=O) groups is 1. The number of carbonyl (C=O) groups excluding carboxylic acids is 1. The Morgan fingerprint density at radius 2 is 1.79 bits per heavy atom. The Kier molecular flexibility index (Phi) is 7.89. The molecule has 0 heterocycles. The van der Waals surface area contributed by atoms with Gasteiger partial charge in [0.25, 0.3) is 0 Å². The monoisotopic (exact) mass is 444 g/mol. The molecule has 0 aliphatic heterocycles. The second-order valence-electron chi connectivity index (χ2n) is 7.49. The first-order chi connectivity index (χ1) is 13.5. The maximum absolute atomic E-state index is 12.8. The van der Waals surface area contributed by atoms with Crippen LogP contribution < -0.4 is 4.74 Å². The molecule has 2 aromatic carbocycles. The van der Waals surface area contributed by atoms with Crippen molar-refractivity contribution in [2.75, 3.05) is 6.61 Å². The zero-order valence-electron chi connectivity index (χ0n) is 16.6. The van der Waals surface area contributed by atoms with Crippen LogP contribution in [-0.2, 0) is 11.2 Å². The van der Waals surface area contributed by atoms with E-state index in [1.54, 1.807) is 24.3 Å². The van der Waals surface area contributed by atoms with Crippen molar-refractivity contribution < 1.29 is 23.4 Å². The molecule has 1 N–H and O–H groups in total. The fourth-order valence-electron chi connectivity index (χ4n) is 2.81. The van der Waals surface area contributed by atoms with Gasteiger partial charge >= 0.3 is 0 Å². The first kappa shape index (κ1) is 23.4. The van der Waals surface area contributed by atoms with E-state index in [0.29, 0.717) is 27.8 Å². The highest BCUT2D eigenvalue weighted by molar-refractivity contribution is 6.36. The predicted octanol–water partition coefficient (Wildman–Crippen LogP) is 6.80. The summed E-state index contributed by atoms with van der Waals surface area (Å²) in [7, 11) is 0. The maximum atomic E-state index is 12.8. The summed E-state index contributed by atoms with van der Waals surface area (Å²) in [5.41, 5.74) is 2.48. The van der Waals surface area contributed by atoms with Crippen molar-refractivity contribution >= 4 is 29.0 Å². The number of alkyl halides is 2. The van der Waals surface area contributed by atoms with Crippen LogP contribution in [0.2, 0.25) is 10.0 Å². The topological polar surface area (TPSA) is 46.5 Å². The molecule has 0 aliphatic rings. The molecule has 0 unspecified atom stereocenters. The van der Waals surface area contributed by atoms with Gasteiger partial charge < -0.3 is 9.84 Å². The molecule has 0 fully saturated rings. The lowest BCUT2D eigenvalue weighted by molar-refractivity contribution is -0.122. The number of ketones is 1. The molecule has 2 rings (SSSR count). The Hall–Kier alpha value is -1.85. The summed E-state index contributed by atoms with van der Waals surface area (Å²) in [5, 5.41) is 10.7. The Bertz CT molecular complexity index is 854. The fraction of sp³-hybridized carbons (Fsp3) is 0.409. The van der Waals surface area contributed by atoms with Gasteiger partial charge in [0.1, 0.15) is 18.1 Å². The lowest BCUT2D eigenvalue weighted by Gasteiger charge is -2.14. The van der Waals surface area contributed by atoms with E-state index in [9.17, 15) is 18.7 Å². The molecule has 158 valence electrons. The number of hydrogen-bond donors (Lipinski definition) is 1. The van der Waals surface area contributed by atoms with Gasteiger partial charge in [-0.2, -0.15) is 0 Å². The van der Waals surface area contributed by atoms with Gasteiger partial charge in [0.2, 0.25) is 5.92 Å². The van der Waals surface area contributed by atoms with Gasteiger partial charge in [-0.05, 0) is 47.7 Å². The summed E-state index contributed by atoms with van der Waals surface area (Å²) in [4.78, 5) is 11.7. The van der Waals surface area contributed by atoms with Crippen molar-refractivity contribution in [3.8, 4) is 11.5 Å². The second-order valence-corrected chi connectivity index (χ2v) is 8.30. The molecule has 0 atom stereocenters. The summed E-state index contributed by atoms with van der Waals surface area (Å²) in [6.45, 7) is 4.44. The number of Topliss-reactive ketones (excluding diaryl/α,β-unsaturated/α-hetero) is 1. The number of ether oxygens (including phenoxy) is 1. The molecule has 0 saturated heterocycles. The van der Waals surface area contributed by atoms with Gasteiger partial charge in [0.15, 0.2) is 5.78 Å². The highest BCUT2D eigenvalue weighted by atomic mass is 35.5. The van der Waals surface area contributed by atoms with Gasteiger partial charge in [-0.1, -0.05) is 49.2 Å². The van der Waals surface area contributed by atoms with Gasteiger partial charge in [0, 0.05) is 29.3 Å². The quantitative estimate of drug-likeness (QED) is 0.462. The fourth-order valence-corrected chi connectivity index (χ4v) is 3.41. The van der Waals surface area contributed by atoms with Crippen LogP contribution >= 0.6 is 23.2 Å². The predicted molar refractivity (Wildman–Crippen MR) is 112 cm³/mol. The minimum Gasteiger partial charge on any atom is -0.508 e. The van der Waals surface area contributed by atoms with Crippen LogP contribution in [0.25, 0.3) is 0 Å². The third-order valence-electron chi connectivity index (χ3n) is 4.45. The third kappa shape index (κ3) is 7.16. The lowest BCUT2D eigenvalue weighted by Crippen LogP contribution is -2.16. The van der Waals surface area contributed by atoms with Gasteiger partial charge in [-0.15, -0.1) is 0 Å². The molecular formula is C22H24Cl2F2O3. The van der Waals surface area contributed by atoms with E-state index in [1.165, 1.54) is 0 Å². The van der Waals surface area contributed by atoms with Crippen molar-refractivity contribution in [1.29, 1.82) is 0 Å². The van der Waals surface area contributed by atoms with E-state index in [0.717, 1.165) is 18.1 Å². The zero-order valence-corrected chi connectivity index (χ0v) is 18.1. The largest absolute Gasteiger partial charge is 0.508 e. The molecule has 0 aromatic heterocycles. The van der Waals surface area contributed by atoms with Crippen LogP contribution in [0, 0.1) is 0 Å². The van der Waals surface area contributed by atoms with E-state index in [4.69, 9.17) is 27.9 Å². The first-order valence-corrected chi connectivity index (χ1v) is 10.0. The van der Waals surface area contributed by atoms with Gasteiger partial charge in [-0.25, -0.2) is 8.78 Å². The van der Waals surface area contributed by atoms with Crippen molar-refractivity contribution in [1.82, 2.24) is 0 Å². The van der Waals surface area contributed by atoms with Crippen LogP contribution in [0.4, 0.5) is 8.78 Å². The number of halogens is 4. The maximum Gasteiger partial charge on any atom is 0.245 e. The molecule has 0 spiro atoms. The van der Waals surface area contributed by atoms with Crippen LogP contribution in [0.3, 0.4) is 0 Å². The number of hydrogen-bond acceptors (Lipinski definition) is 3. The SMILES string of the molecule is CC(C)c1cc(Cc2c(Cl)cc(OCC(=O)CCC(C)(F)F)cc2Cl)ccc1O. The standard InChI is InChI=1S/C22H24Cl2F2O3/c1-13(2)17-8-14(4-5-21(17)28)9-18-19(23)10-16(11-20(18)24)29-12-15(27)6-7-22(3,25)26/h4-5,8,10-11,13,28H,6-7,9,12H2,1-3H3. The van der Waals surface area contributed by atoms with Gasteiger partial charge in [0.05, 0.1) is 0 Å². The number of rotatable bonds is 9. The molecular weight excluding hydrogens is 421 g/mol. The molecule has 0 radical (unpaired) electrons. The number of phenolic OH excluding ortho intramolecular Hbond substituents is 1.